The molecule has 0 aromatic carbocycles. The Morgan fingerprint density at radius 2 is 1.79 bits per heavy atom. The molecule has 0 aliphatic carbocycles. The van der Waals surface area contributed by atoms with Crippen molar-refractivity contribution in [2.75, 3.05) is 19.8 Å². The van der Waals surface area contributed by atoms with Gasteiger partial charge in [-0.1, -0.05) is 0 Å². The summed E-state index contributed by atoms with van der Waals surface area (Å²) in [5.41, 5.74) is -0.338. The highest BCUT2D eigenvalue weighted by Crippen LogP contribution is 1.99. The zero-order valence-electron chi connectivity index (χ0n) is 9.29. The van der Waals surface area contributed by atoms with Crippen LogP contribution in [0.3, 0.4) is 0 Å². The van der Waals surface area contributed by atoms with Crippen LogP contribution < -0.4 is 5.32 Å². The highest BCUT2D eigenvalue weighted by Gasteiger charge is 2.18. The van der Waals surface area contributed by atoms with Crippen molar-refractivity contribution in [1.82, 2.24) is 9.62 Å². The largest absolute Gasteiger partial charge is 0.350 e. The Kier molecular flexibility index (Phi) is 4.08. The van der Waals surface area contributed by atoms with Gasteiger partial charge >= 0.3 is 0 Å². The van der Waals surface area contributed by atoms with Crippen molar-refractivity contribution in [2.45, 2.75) is 26.3 Å². The Balaban J connectivity index is 4.23. The molecule has 14 heavy (non-hydrogen) atoms. The molecule has 0 bridgehead atoms. The number of hydrogen-bond acceptors (Lipinski definition) is 3. The summed E-state index contributed by atoms with van der Waals surface area (Å²) in [5, 5.41) is 2.68. The third-order valence-electron chi connectivity index (χ3n) is 1.45. The summed E-state index contributed by atoms with van der Waals surface area (Å²) in [4.78, 5) is 11.3. The first-order valence-corrected chi connectivity index (χ1v) is 6.09. The summed E-state index contributed by atoms with van der Waals surface area (Å²) >= 11 is 0. The molecule has 0 atom stereocenters. The third-order valence-corrected chi connectivity index (χ3v) is 2.71. The van der Waals surface area contributed by atoms with E-state index in [2.05, 4.69) is 5.32 Å². The van der Waals surface area contributed by atoms with E-state index in [1.54, 1.807) is 0 Å². The van der Waals surface area contributed by atoms with E-state index in [9.17, 15) is 13.2 Å². The van der Waals surface area contributed by atoms with Gasteiger partial charge in [-0.05, 0) is 20.8 Å². The molecule has 0 rings (SSSR count). The van der Waals surface area contributed by atoms with Crippen molar-refractivity contribution in [3.05, 3.63) is 0 Å². The van der Waals surface area contributed by atoms with Crippen LogP contribution in [0.1, 0.15) is 20.8 Å². The molecule has 5 nitrogen and oxygen atoms in total. The number of carbonyl (C=O) groups excluding carboxylic acids is 1. The first-order chi connectivity index (χ1) is 6.02. The molecule has 0 saturated carbocycles. The summed E-state index contributed by atoms with van der Waals surface area (Å²) in [5.74, 6) is -0.301. The Hall–Kier alpha value is -0.620. The fraction of sp³-hybridized carbons (Fsp3) is 0.875. The van der Waals surface area contributed by atoms with Gasteiger partial charge in [0.1, 0.15) is 0 Å². The topological polar surface area (TPSA) is 66.5 Å². The minimum atomic E-state index is -3.28. The summed E-state index contributed by atoms with van der Waals surface area (Å²) in [6.07, 6.45) is 1.07. The van der Waals surface area contributed by atoms with E-state index in [1.165, 1.54) is 7.05 Å². The van der Waals surface area contributed by atoms with E-state index in [0.29, 0.717) is 0 Å². The molecule has 0 unspecified atom stereocenters. The van der Waals surface area contributed by atoms with E-state index in [4.69, 9.17) is 0 Å². The average Bonchev–Trinajstić information content (AvgIpc) is 1.79. The molecule has 0 aliphatic rings. The molecule has 0 radical (unpaired) electrons. The molecule has 1 N–H and O–H groups in total. The maximum Gasteiger partial charge on any atom is 0.235 e. The van der Waals surface area contributed by atoms with Crippen molar-refractivity contribution in [3.63, 3.8) is 0 Å². The van der Waals surface area contributed by atoms with Gasteiger partial charge in [0, 0.05) is 12.6 Å². The number of nitrogens with one attached hydrogen (secondary N) is 1. The molecule has 0 aliphatic heterocycles. The summed E-state index contributed by atoms with van der Waals surface area (Å²) in [6.45, 7) is 5.37. The van der Waals surface area contributed by atoms with Gasteiger partial charge in [0.25, 0.3) is 0 Å². The molecule has 0 fully saturated rings. The maximum absolute atomic E-state index is 11.3. The van der Waals surface area contributed by atoms with Gasteiger partial charge in [-0.15, -0.1) is 0 Å². The van der Waals surface area contributed by atoms with Gasteiger partial charge in [0.05, 0.1) is 12.8 Å². The van der Waals surface area contributed by atoms with E-state index >= 15 is 0 Å². The lowest BCUT2D eigenvalue weighted by atomic mass is 10.1. The maximum atomic E-state index is 11.3. The van der Waals surface area contributed by atoms with Crippen LogP contribution in [0, 0.1) is 0 Å². The summed E-state index contributed by atoms with van der Waals surface area (Å²) in [7, 11) is -1.91. The number of rotatable bonds is 3. The van der Waals surface area contributed by atoms with Crippen molar-refractivity contribution >= 4 is 15.9 Å². The van der Waals surface area contributed by atoms with E-state index in [1.807, 2.05) is 20.8 Å². The second-order valence-corrected chi connectivity index (χ2v) is 6.41. The van der Waals surface area contributed by atoms with Crippen LogP contribution >= 0.6 is 0 Å². The molecular formula is C8H18N2O3S. The summed E-state index contributed by atoms with van der Waals surface area (Å²) in [6, 6.07) is 0. The normalized spacial score (nSPS) is 13.0. The van der Waals surface area contributed by atoms with Crippen LogP contribution in [0.15, 0.2) is 0 Å². The van der Waals surface area contributed by atoms with Gasteiger partial charge in [-0.3, -0.25) is 4.79 Å². The fourth-order valence-corrected chi connectivity index (χ4v) is 1.13. The van der Waals surface area contributed by atoms with Crippen LogP contribution in [0.2, 0.25) is 0 Å². The van der Waals surface area contributed by atoms with E-state index in [-0.39, 0.29) is 18.0 Å². The number of carbonyl (C=O) groups is 1. The predicted octanol–water partition coefficient (Wildman–Crippen LogP) is -0.207. The van der Waals surface area contributed by atoms with E-state index < -0.39 is 10.0 Å². The smallest absolute Gasteiger partial charge is 0.235 e. The van der Waals surface area contributed by atoms with Crippen LogP contribution in [0.4, 0.5) is 0 Å². The Bertz CT molecular complexity index is 303. The highest BCUT2D eigenvalue weighted by atomic mass is 32.2. The first-order valence-electron chi connectivity index (χ1n) is 4.25. The molecule has 0 aromatic heterocycles. The molecule has 6 heteroatoms. The lowest BCUT2D eigenvalue weighted by Gasteiger charge is -2.22. The highest BCUT2D eigenvalue weighted by molar-refractivity contribution is 7.88. The van der Waals surface area contributed by atoms with Gasteiger partial charge in [-0.2, -0.15) is 4.31 Å². The second kappa shape index (κ2) is 4.27. The standard InChI is InChI=1S/C8H18N2O3S/c1-8(2,3)9-7(11)6-10(4)14(5,12)13/h6H2,1-5H3,(H,9,11). The van der Waals surface area contributed by atoms with Crippen molar-refractivity contribution < 1.29 is 13.2 Å². The number of amides is 1. The van der Waals surface area contributed by atoms with Gasteiger partial charge in [0.2, 0.25) is 15.9 Å². The minimum absolute atomic E-state index is 0.143. The third kappa shape index (κ3) is 5.93. The zero-order chi connectivity index (χ0) is 11.6. The lowest BCUT2D eigenvalue weighted by molar-refractivity contribution is -0.122. The SMILES string of the molecule is CN(CC(=O)NC(C)(C)C)S(C)(=O)=O. The first kappa shape index (κ1) is 13.4. The quantitative estimate of drug-likeness (QED) is 0.718. The number of hydrogen-bond donors (Lipinski definition) is 1. The summed E-state index contributed by atoms with van der Waals surface area (Å²) < 4.78 is 23.0. The molecular weight excluding hydrogens is 204 g/mol. The molecule has 0 aromatic rings. The Labute approximate surface area is 85.5 Å². The van der Waals surface area contributed by atoms with Crippen LogP contribution in [-0.2, 0) is 14.8 Å². The molecule has 0 heterocycles. The molecule has 1 amide bonds. The van der Waals surface area contributed by atoms with Gasteiger partial charge < -0.3 is 5.32 Å². The Morgan fingerprint density at radius 1 is 1.36 bits per heavy atom. The number of likely N-dealkylation sites (N-methyl/N-ethyl adjacent to an activating group) is 1. The van der Waals surface area contributed by atoms with Gasteiger partial charge in [0.15, 0.2) is 0 Å². The molecule has 0 spiro atoms. The van der Waals surface area contributed by atoms with Crippen molar-refractivity contribution in [2.24, 2.45) is 0 Å². The zero-order valence-corrected chi connectivity index (χ0v) is 10.1. The predicted molar refractivity (Wildman–Crippen MR) is 55.4 cm³/mol. The average molecular weight is 222 g/mol. The van der Waals surface area contributed by atoms with Crippen molar-refractivity contribution in [3.8, 4) is 0 Å². The minimum Gasteiger partial charge on any atom is -0.350 e. The fourth-order valence-electron chi connectivity index (χ4n) is 0.777. The second-order valence-electron chi connectivity index (χ2n) is 4.32. The van der Waals surface area contributed by atoms with Crippen LogP contribution in [0.25, 0.3) is 0 Å². The van der Waals surface area contributed by atoms with E-state index in [0.717, 1.165) is 10.6 Å². The monoisotopic (exact) mass is 222 g/mol. The van der Waals surface area contributed by atoms with Crippen molar-refractivity contribution in [1.29, 1.82) is 0 Å². The number of nitrogens with zero attached hydrogens (tertiary/aromatic N) is 1. The lowest BCUT2D eigenvalue weighted by Crippen LogP contribution is -2.46. The molecule has 84 valence electrons. The van der Waals surface area contributed by atoms with Gasteiger partial charge in [-0.25, -0.2) is 8.42 Å². The van der Waals surface area contributed by atoms with Crippen LogP contribution in [0.5, 0.6) is 0 Å². The number of sulfonamides is 1. The molecule has 0 saturated heterocycles. The van der Waals surface area contributed by atoms with Crippen LogP contribution in [-0.4, -0.2) is 44.0 Å². The Morgan fingerprint density at radius 3 is 2.07 bits per heavy atom.